The lowest BCUT2D eigenvalue weighted by Crippen LogP contribution is -3.00. The fourth-order valence-electron chi connectivity index (χ4n) is 4.30. The minimum Gasteiger partial charge on any atom is -1.00 e. The van der Waals surface area contributed by atoms with Crippen LogP contribution in [-0.2, 0) is 14.4 Å². The van der Waals surface area contributed by atoms with E-state index in [0.717, 1.165) is 24.0 Å². The summed E-state index contributed by atoms with van der Waals surface area (Å²) in [6.45, 7) is 3.92. The normalized spacial score (nSPS) is 22.8. The van der Waals surface area contributed by atoms with E-state index in [0.29, 0.717) is 31.5 Å². The van der Waals surface area contributed by atoms with Gasteiger partial charge in [-0.25, -0.2) is 0 Å². The van der Waals surface area contributed by atoms with Crippen LogP contribution in [0.25, 0.3) is 0 Å². The maximum atomic E-state index is 12.7. The Hall–Kier alpha value is -1.18. The molecule has 8 heteroatoms. The summed E-state index contributed by atoms with van der Waals surface area (Å²) in [6.07, 6.45) is 1.57. The summed E-state index contributed by atoms with van der Waals surface area (Å²) in [6, 6.07) is 0. The highest BCUT2D eigenvalue weighted by Gasteiger charge is 2.54. The number of aliphatic hydroxyl groups is 1. The Morgan fingerprint density at radius 1 is 1.13 bits per heavy atom. The van der Waals surface area contributed by atoms with E-state index in [1.165, 1.54) is 0 Å². The molecule has 31 heavy (non-hydrogen) atoms. The van der Waals surface area contributed by atoms with Crippen molar-refractivity contribution >= 4 is 18.1 Å². The van der Waals surface area contributed by atoms with E-state index in [1.54, 1.807) is 0 Å². The molecule has 2 rings (SSSR count). The van der Waals surface area contributed by atoms with Crippen LogP contribution >= 0.6 is 0 Å². The molecule has 1 aliphatic carbocycles. The van der Waals surface area contributed by atoms with Gasteiger partial charge in [-0.05, 0) is 25.7 Å². The largest absolute Gasteiger partial charge is 1.00 e. The monoisotopic (exact) mass is 471 g/mol. The Balaban J connectivity index is -0.000000223. The molecule has 4 unspecified atom stereocenters. The van der Waals surface area contributed by atoms with Crippen LogP contribution in [0.1, 0.15) is 77.2 Å². The number of hydrogen-bond donors (Lipinski definition) is 3. The molecule has 0 spiro atoms. The molecule has 0 aromatic heterocycles. The number of halogens is 1. The van der Waals surface area contributed by atoms with Crippen molar-refractivity contribution in [3.05, 3.63) is 0 Å². The van der Waals surface area contributed by atoms with E-state index in [9.17, 15) is 19.5 Å². The molecule has 0 bridgehead atoms. The van der Waals surface area contributed by atoms with E-state index < -0.39 is 17.6 Å². The molecule has 2 fully saturated rings. The van der Waals surface area contributed by atoms with Gasteiger partial charge in [-0.15, -0.1) is 0 Å². The van der Waals surface area contributed by atoms with Crippen LogP contribution in [0.4, 0.5) is 0 Å². The minimum absolute atomic E-state index is 0. The highest BCUT2D eigenvalue weighted by molar-refractivity contribution is 5.86. The molecule has 2 aliphatic rings. The number of aldehydes is 1. The fourth-order valence-corrected chi connectivity index (χ4v) is 4.30. The molecule has 0 radical (unpaired) electrons. The molecule has 1 heterocycles. The number of aliphatic hydroxyl groups excluding tert-OH is 1. The third-order valence-electron chi connectivity index (χ3n) is 5.82. The van der Waals surface area contributed by atoms with Gasteiger partial charge in [0.15, 0.2) is 12.5 Å². The van der Waals surface area contributed by atoms with Gasteiger partial charge in [-0.3, -0.25) is 14.4 Å². The summed E-state index contributed by atoms with van der Waals surface area (Å²) in [4.78, 5) is 35.2. The van der Waals surface area contributed by atoms with Crippen molar-refractivity contribution < 1.29 is 36.4 Å². The van der Waals surface area contributed by atoms with Gasteiger partial charge in [0.05, 0.1) is 27.2 Å². The molecule has 4 N–H and O–H groups in total. The fraction of sp³-hybridized carbons (Fsp3) is 0.870. The quantitative estimate of drug-likeness (QED) is 0.271. The maximum Gasteiger partial charge on any atom is 0.225 e. The van der Waals surface area contributed by atoms with Gasteiger partial charge in [-0.2, -0.15) is 0 Å². The zero-order valence-electron chi connectivity index (χ0n) is 15.2. The Kier molecular flexibility index (Phi) is 23.2. The van der Waals surface area contributed by atoms with Crippen molar-refractivity contribution in [2.75, 3.05) is 27.2 Å². The van der Waals surface area contributed by atoms with Gasteiger partial charge in [0.25, 0.3) is 0 Å². The van der Waals surface area contributed by atoms with Crippen molar-refractivity contribution in [1.82, 2.24) is 5.32 Å². The van der Waals surface area contributed by atoms with Crippen molar-refractivity contribution in [2.45, 2.75) is 83.4 Å². The van der Waals surface area contributed by atoms with Crippen LogP contribution in [0.15, 0.2) is 0 Å². The third-order valence-corrected chi connectivity index (χ3v) is 5.82. The first-order valence-corrected chi connectivity index (χ1v) is 8.70. The average Bonchev–Trinajstić information content (AvgIpc) is 3.23. The summed E-state index contributed by atoms with van der Waals surface area (Å²) in [5, 5.41) is 11.8. The number of primary amides is 1. The molecular formula is C23H54ClN3O4. The number of nitrogens with two attached hydrogens (primary N) is 1. The highest BCUT2D eigenvalue weighted by Crippen LogP contribution is 2.52. The number of carbonyl (C=O) groups is 3. The van der Waals surface area contributed by atoms with Gasteiger partial charge >= 0.3 is 0 Å². The average molecular weight is 472 g/mol. The number of hydrogen-bond acceptors (Lipinski definition) is 4. The summed E-state index contributed by atoms with van der Waals surface area (Å²) in [5.74, 6) is -0.642. The zero-order valence-corrected chi connectivity index (χ0v) is 16.0. The maximum absolute atomic E-state index is 12.7. The number of nitrogens with zero attached hydrogens (tertiary/aromatic N) is 1. The van der Waals surface area contributed by atoms with Crippen LogP contribution in [-0.4, -0.2) is 61.1 Å². The second-order valence-electron chi connectivity index (χ2n) is 8.18. The van der Waals surface area contributed by atoms with E-state index in [2.05, 4.69) is 26.3 Å². The van der Waals surface area contributed by atoms with Crippen LogP contribution in [0.3, 0.4) is 0 Å². The predicted molar refractivity (Wildman–Crippen MR) is 129 cm³/mol. The number of rotatable bonds is 8. The second-order valence-corrected chi connectivity index (χ2v) is 8.18. The third kappa shape index (κ3) is 10.3. The van der Waals surface area contributed by atoms with Gasteiger partial charge in [0.1, 0.15) is 0 Å². The van der Waals surface area contributed by atoms with Gasteiger partial charge in [-0.1, -0.05) is 51.5 Å². The molecule has 1 aliphatic heterocycles. The Labute approximate surface area is 199 Å². The summed E-state index contributed by atoms with van der Waals surface area (Å²) >= 11 is 0. The lowest BCUT2D eigenvalue weighted by atomic mass is 9.76. The van der Waals surface area contributed by atoms with Crippen molar-refractivity contribution in [3.63, 3.8) is 0 Å². The molecule has 2 amide bonds. The number of nitrogens with one attached hydrogen (secondary N) is 1. The summed E-state index contributed by atoms with van der Waals surface area (Å²) in [5.41, 5.74) is 4.96. The Morgan fingerprint density at radius 3 is 1.97 bits per heavy atom. The van der Waals surface area contributed by atoms with E-state index in [-0.39, 0.29) is 74.7 Å². The predicted octanol–water partition coefficient (Wildman–Crippen LogP) is 0.445. The van der Waals surface area contributed by atoms with E-state index in [4.69, 9.17) is 5.73 Å². The number of amides is 2. The standard InChI is InChI=1S/C17H29N3O4.6CH4.ClH/c1-4-11-8-20(2,3)9-13(11)12(15(23)19-14(22)10-21)7-17(5-6-17)16(18)24;;;;;;;/h10-14,22H,4-9H2,1-3H3,(H2-,18,19,23,24);6*1H4;1H. The molecule has 0 aromatic rings. The zero-order chi connectivity index (χ0) is 18.1. The van der Waals surface area contributed by atoms with Crippen molar-refractivity contribution in [3.8, 4) is 0 Å². The Bertz CT molecular complexity index is 525. The molecule has 192 valence electrons. The first-order valence-electron chi connectivity index (χ1n) is 8.70. The van der Waals surface area contributed by atoms with Crippen molar-refractivity contribution in [2.24, 2.45) is 28.9 Å². The summed E-state index contributed by atoms with van der Waals surface area (Å²) < 4.78 is 0.826. The van der Waals surface area contributed by atoms with Crippen LogP contribution in [0.2, 0.25) is 0 Å². The van der Waals surface area contributed by atoms with Gasteiger partial charge in [0, 0.05) is 23.2 Å². The van der Waals surface area contributed by atoms with E-state index >= 15 is 0 Å². The first-order chi connectivity index (χ1) is 11.1. The first kappa shape index (κ1) is 43.7. The number of quaternary nitrogens is 1. The smallest absolute Gasteiger partial charge is 0.225 e. The highest BCUT2D eigenvalue weighted by atomic mass is 35.5. The molecule has 1 saturated carbocycles. The topological polar surface area (TPSA) is 109 Å². The number of likely N-dealkylation sites (tertiary alicyclic amines) is 1. The molecule has 1 saturated heterocycles. The van der Waals surface area contributed by atoms with Crippen LogP contribution < -0.4 is 23.5 Å². The van der Waals surface area contributed by atoms with Crippen molar-refractivity contribution in [1.29, 1.82) is 0 Å². The molecule has 4 atom stereocenters. The molecule has 7 nitrogen and oxygen atoms in total. The molecule has 0 aromatic carbocycles. The Morgan fingerprint density at radius 2 is 1.61 bits per heavy atom. The van der Waals surface area contributed by atoms with E-state index in [1.807, 2.05) is 0 Å². The number of carbonyl (C=O) groups excluding carboxylic acids is 3. The lowest BCUT2D eigenvalue weighted by molar-refractivity contribution is -0.880. The van der Waals surface area contributed by atoms with Gasteiger partial charge < -0.3 is 33.0 Å². The molecular weight excluding hydrogens is 418 g/mol. The summed E-state index contributed by atoms with van der Waals surface area (Å²) in [7, 11) is 4.28. The lowest BCUT2D eigenvalue weighted by Gasteiger charge is -2.29. The van der Waals surface area contributed by atoms with Gasteiger partial charge in [0.2, 0.25) is 11.8 Å². The second kappa shape index (κ2) is 16.5. The SMILES string of the molecule is C.C.C.C.C.C.CCC1C[N+](C)(C)CC1C(CC1(C(N)=O)CC1)C(=O)NC(O)C=O.[Cl-]. The minimum atomic E-state index is -1.51. The van der Waals surface area contributed by atoms with Crippen LogP contribution in [0.5, 0.6) is 0 Å². The van der Waals surface area contributed by atoms with Crippen LogP contribution in [0, 0.1) is 23.2 Å².